The van der Waals surface area contributed by atoms with E-state index in [2.05, 4.69) is 28.5 Å². The molecule has 0 fully saturated rings. The van der Waals surface area contributed by atoms with Crippen LogP contribution in [-0.2, 0) is 0 Å². The van der Waals surface area contributed by atoms with Crippen LogP contribution in [0, 0.1) is 15.9 Å². The first-order valence-electron chi connectivity index (χ1n) is 3.65. The molecule has 1 aromatic rings. The average Bonchev–Trinajstić information content (AvgIpc) is 2.05. The van der Waals surface area contributed by atoms with Crippen LogP contribution in [0.1, 0.15) is 6.42 Å². The molecule has 0 aliphatic heterocycles. The summed E-state index contributed by atoms with van der Waals surface area (Å²) in [5.74, 6) is 3.41. The van der Waals surface area contributed by atoms with Gasteiger partial charge < -0.3 is 4.74 Å². The van der Waals surface area contributed by atoms with Gasteiger partial charge in [-0.05, 0) is 40.8 Å². The Bertz CT molecular complexity index is 288. The van der Waals surface area contributed by atoms with E-state index in [-0.39, 0.29) is 0 Å². The molecule has 0 heterocycles. The Labute approximate surface area is 86.3 Å². The number of rotatable bonds is 3. The smallest absolute Gasteiger partial charge is 0.120 e. The fourth-order valence-corrected chi connectivity index (χ4v) is 1.30. The molecule has 2 heteroatoms. The van der Waals surface area contributed by atoms with E-state index >= 15 is 0 Å². The molecule has 0 aliphatic carbocycles. The van der Waals surface area contributed by atoms with Gasteiger partial charge in [-0.3, -0.25) is 0 Å². The number of hydrogen-bond donors (Lipinski definition) is 0. The zero-order valence-electron chi connectivity index (χ0n) is 6.59. The Morgan fingerprint density at radius 3 is 3.00 bits per heavy atom. The van der Waals surface area contributed by atoms with Crippen LogP contribution in [0.5, 0.6) is 5.75 Å². The van der Waals surface area contributed by atoms with Crippen molar-refractivity contribution in [2.24, 2.45) is 0 Å². The van der Waals surface area contributed by atoms with E-state index < -0.39 is 0 Å². The third-order valence-corrected chi connectivity index (χ3v) is 1.98. The van der Waals surface area contributed by atoms with Gasteiger partial charge in [-0.15, -0.1) is 12.3 Å². The Morgan fingerprint density at radius 1 is 1.50 bits per heavy atom. The van der Waals surface area contributed by atoms with Crippen molar-refractivity contribution >= 4 is 22.6 Å². The minimum atomic E-state index is 0.594. The molecule has 62 valence electrons. The van der Waals surface area contributed by atoms with Gasteiger partial charge in [0.2, 0.25) is 0 Å². The van der Waals surface area contributed by atoms with Crippen LogP contribution in [0.4, 0.5) is 0 Å². The van der Waals surface area contributed by atoms with E-state index in [1.165, 1.54) is 3.57 Å². The topological polar surface area (TPSA) is 9.23 Å². The second kappa shape index (κ2) is 5.04. The minimum Gasteiger partial charge on any atom is -0.493 e. The van der Waals surface area contributed by atoms with Gasteiger partial charge in [-0.2, -0.15) is 0 Å². The lowest BCUT2D eigenvalue weighted by atomic mass is 10.3. The summed E-state index contributed by atoms with van der Waals surface area (Å²) in [6.07, 6.45) is 5.75. The molecule has 12 heavy (non-hydrogen) atoms. The summed E-state index contributed by atoms with van der Waals surface area (Å²) < 4.78 is 6.55. The predicted molar refractivity (Wildman–Crippen MR) is 58.1 cm³/mol. The van der Waals surface area contributed by atoms with Gasteiger partial charge in [0.1, 0.15) is 5.75 Å². The van der Waals surface area contributed by atoms with E-state index in [0.717, 1.165) is 5.75 Å². The molecule has 0 saturated heterocycles. The molecule has 0 atom stereocenters. The second-order valence-corrected chi connectivity index (χ2v) is 3.51. The SMILES string of the molecule is C#CCCOc1cccc(I)c1. The van der Waals surface area contributed by atoms with Crippen LogP contribution in [-0.4, -0.2) is 6.61 Å². The van der Waals surface area contributed by atoms with Crippen molar-refractivity contribution < 1.29 is 4.74 Å². The number of benzene rings is 1. The summed E-state index contributed by atoms with van der Waals surface area (Å²) in [7, 11) is 0. The second-order valence-electron chi connectivity index (χ2n) is 2.26. The highest BCUT2D eigenvalue weighted by Crippen LogP contribution is 2.14. The van der Waals surface area contributed by atoms with Gasteiger partial charge in [0.15, 0.2) is 0 Å². The average molecular weight is 272 g/mol. The lowest BCUT2D eigenvalue weighted by molar-refractivity contribution is 0.327. The van der Waals surface area contributed by atoms with Crippen LogP contribution in [0.25, 0.3) is 0 Å². The Kier molecular flexibility index (Phi) is 3.95. The standard InChI is InChI=1S/C10H9IO/c1-2-3-7-12-10-6-4-5-9(11)8-10/h1,4-6,8H,3,7H2. The van der Waals surface area contributed by atoms with Gasteiger partial charge in [0.25, 0.3) is 0 Å². The maximum absolute atomic E-state index is 5.38. The Morgan fingerprint density at radius 2 is 2.33 bits per heavy atom. The van der Waals surface area contributed by atoms with Gasteiger partial charge in [0.05, 0.1) is 6.61 Å². The summed E-state index contributed by atoms with van der Waals surface area (Å²) in [6.45, 7) is 0.594. The van der Waals surface area contributed by atoms with Crippen LogP contribution in [0.15, 0.2) is 24.3 Å². The summed E-state index contributed by atoms with van der Waals surface area (Å²) in [5, 5.41) is 0. The van der Waals surface area contributed by atoms with E-state index in [9.17, 15) is 0 Å². The zero-order chi connectivity index (χ0) is 8.81. The quantitative estimate of drug-likeness (QED) is 0.467. The molecule has 0 aliphatic rings. The predicted octanol–water partition coefficient (Wildman–Crippen LogP) is 2.69. The van der Waals surface area contributed by atoms with Gasteiger partial charge >= 0.3 is 0 Å². The van der Waals surface area contributed by atoms with Crippen LogP contribution in [0.3, 0.4) is 0 Å². The minimum absolute atomic E-state index is 0.594. The molecular weight excluding hydrogens is 263 g/mol. The monoisotopic (exact) mass is 272 g/mol. The van der Waals surface area contributed by atoms with E-state index in [4.69, 9.17) is 11.2 Å². The molecule has 0 saturated carbocycles. The fourth-order valence-electron chi connectivity index (χ4n) is 0.785. The molecule has 0 unspecified atom stereocenters. The van der Waals surface area contributed by atoms with E-state index in [1.807, 2.05) is 24.3 Å². The van der Waals surface area contributed by atoms with Crippen molar-refractivity contribution in [1.29, 1.82) is 0 Å². The van der Waals surface area contributed by atoms with E-state index in [0.29, 0.717) is 13.0 Å². The molecule has 1 nitrogen and oxygen atoms in total. The number of terminal acetylenes is 1. The highest BCUT2D eigenvalue weighted by molar-refractivity contribution is 14.1. The molecule has 0 N–H and O–H groups in total. The molecule has 0 spiro atoms. The normalized spacial score (nSPS) is 9.00. The lowest BCUT2D eigenvalue weighted by Crippen LogP contribution is -1.95. The lowest BCUT2D eigenvalue weighted by Gasteiger charge is -2.03. The van der Waals surface area contributed by atoms with Crippen molar-refractivity contribution in [3.63, 3.8) is 0 Å². The van der Waals surface area contributed by atoms with Gasteiger partial charge in [-0.1, -0.05) is 6.07 Å². The van der Waals surface area contributed by atoms with Crippen LogP contribution in [0.2, 0.25) is 0 Å². The number of ether oxygens (including phenoxy) is 1. The van der Waals surface area contributed by atoms with Crippen molar-refractivity contribution in [1.82, 2.24) is 0 Å². The Balaban J connectivity index is 2.48. The summed E-state index contributed by atoms with van der Waals surface area (Å²) in [5.41, 5.74) is 0. The first-order valence-corrected chi connectivity index (χ1v) is 4.72. The number of hydrogen-bond acceptors (Lipinski definition) is 1. The maximum Gasteiger partial charge on any atom is 0.120 e. The molecule has 0 bridgehead atoms. The highest BCUT2D eigenvalue weighted by atomic mass is 127. The first kappa shape index (κ1) is 9.40. The third kappa shape index (κ3) is 3.14. The first-order chi connectivity index (χ1) is 5.83. The molecule has 1 rings (SSSR count). The maximum atomic E-state index is 5.38. The third-order valence-electron chi connectivity index (χ3n) is 1.31. The van der Waals surface area contributed by atoms with Crippen molar-refractivity contribution in [3.8, 4) is 18.1 Å². The summed E-state index contributed by atoms with van der Waals surface area (Å²) in [4.78, 5) is 0. The summed E-state index contributed by atoms with van der Waals surface area (Å²) >= 11 is 2.25. The van der Waals surface area contributed by atoms with Crippen molar-refractivity contribution in [2.45, 2.75) is 6.42 Å². The van der Waals surface area contributed by atoms with Crippen molar-refractivity contribution in [2.75, 3.05) is 6.61 Å². The molecule has 0 aromatic heterocycles. The zero-order valence-corrected chi connectivity index (χ0v) is 8.74. The van der Waals surface area contributed by atoms with Crippen LogP contribution >= 0.6 is 22.6 Å². The van der Waals surface area contributed by atoms with Crippen LogP contribution < -0.4 is 4.74 Å². The van der Waals surface area contributed by atoms with Gasteiger partial charge in [-0.25, -0.2) is 0 Å². The highest BCUT2D eigenvalue weighted by Gasteiger charge is 1.92. The summed E-state index contributed by atoms with van der Waals surface area (Å²) in [6, 6.07) is 7.90. The molecule has 1 aromatic carbocycles. The number of halogens is 1. The molecular formula is C10H9IO. The Hall–Kier alpha value is -0.690. The molecule has 0 amide bonds. The largest absolute Gasteiger partial charge is 0.493 e. The molecule has 0 radical (unpaired) electrons. The fraction of sp³-hybridized carbons (Fsp3) is 0.200. The van der Waals surface area contributed by atoms with Crippen molar-refractivity contribution in [3.05, 3.63) is 27.8 Å². The van der Waals surface area contributed by atoms with E-state index in [1.54, 1.807) is 0 Å². The van der Waals surface area contributed by atoms with Gasteiger partial charge in [0, 0.05) is 9.99 Å².